The van der Waals surface area contributed by atoms with Crippen molar-refractivity contribution in [1.29, 1.82) is 0 Å². The van der Waals surface area contributed by atoms with Crippen LogP contribution in [0.15, 0.2) is 23.2 Å². The van der Waals surface area contributed by atoms with Gasteiger partial charge in [-0.15, -0.1) is 0 Å². The van der Waals surface area contributed by atoms with E-state index in [0.717, 1.165) is 45.0 Å². The van der Waals surface area contributed by atoms with E-state index in [1.54, 1.807) is 19.1 Å². The Labute approximate surface area is 160 Å². The lowest BCUT2D eigenvalue weighted by atomic mass is 10.2. The molecule has 0 radical (unpaired) electrons. The third-order valence-corrected chi connectivity index (χ3v) is 4.69. The molecule has 1 atom stereocenters. The summed E-state index contributed by atoms with van der Waals surface area (Å²) in [6, 6.07) is 4.07. The van der Waals surface area contributed by atoms with E-state index in [1.165, 1.54) is 18.2 Å². The Hall–Kier alpha value is -1.93. The lowest BCUT2D eigenvalue weighted by molar-refractivity contribution is 0.161. The number of nitrogens with zero attached hydrogens (tertiary/aromatic N) is 3. The van der Waals surface area contributed by atoms with Gasteiger partial charge in [0, 0.05) is 46.4 Å². The van der Waals surface area contributed by atoms with Crippen LogP contribution in [-0.4, -0.2) is 77.4 Å². The number of hydrogen-bond donors (Lipinski definition) is 2. The molecule has 8 heteroatoms. The van der Waals surface area contributed by atoms with Crippen LogP contribution in [0.1, 0.15) is 12.8 Å². The monoisotopic (exact) mass is 383 g/mol. The molecule has 0 bridgehead atoms. The van der Waals surface area contributed by atoms with E-state index < -0.39 is 11.6 Å². The lowest BCUT2D eigenvalue weighted by Crippen LogP contribution is -2.45. The molecule has 1 fully saturated rings. The molecule has 2 rings (SSSR count). The van der Waals surface area contributed by atoms with Crippen LogP contribution < -0.4 is 15.5 Å². The Morgan fingerprint density at radius 2 is 2.07 bits per heavy atom. The molecular formula is C19H31F2N5O. The lowest BCUT2D eigenvalue weighted by Gasteiger charge is -2.21. The molecule has 1 aromatic carbocycles. The van der Waals surface area contributed by atoms with Gasteiger partial charge in [-0.3, -0.25) is 4.99 Å². The summed E-state index contributed by atoms with van der Waals surface area (Å²) in [7, 11) is 5.50. The molecule has 1 aromatic rings. The van der Waals surface area contributed by atoms with Crippen molar-refractivity contribution in [2.24, 2.45) is 4.99 Å². The number of guanidine groups is 1. The van der Waals surface area contributed by atoms with Gasteiger partial charge in [0.15, 0.2) is 5.96 Å². The van der Waals surface area contributed by atoms with Gasteiger partial charge in [0.1, 0.15) is 17.3 Å². The van der Waals surface area contributed by atoms with Crippen molar-refractivity contribution in [1.82, 2.24) is 15.5 Å². The minimum absolute atomic E-state index is 0.0591. The number of anilines is 1. The molecule has 0 aliphatic carbocycles. The first-order chi connectivity index (χ1) is 13.0. The van der Waals surface area contributed by atoms with Gasteiger partial charge >= 0.3 is 0 Å². The Morgan fingerprint density at radius 1 is 1.33 bits per heavy atom. The van der Waals surface area contributed by atoms with E-state index >= 15 is 0 Å². The summed E-state index contributed by atoms with van der Waals surface area (Å²) in [6.45, 7) is 4.56. The zero-order chi connectivity index (χ0) is 19.6. The number of likely N-dealkylation sites (N-methyl/N-ethyl adjacent to an activating group) is 1. The van der Waals surface area contributed by atoms with Crippen molar-refractivity contribution >= 4 is 11.6 Å². The van der Waals surface area contributed by atoms with Gasteiger partial charge < -0.3 is 25.2 Å². The third-order valence-electron chi connectivity index (χ3n) is 4.69. The molecule has 0 amide bonds. The molecule has 0 spiro atoms. The van der Waals surface area contributed by atoms with Crippen molar-refractivity contribution in [2.45, 2.75) is 18.9 Å². The Kier molecular flexibility index (Phi) is 8.74. The van der Waals surface area contributed by atoms with Gasteiger partial charge in [-0.25, -0.2) is 8.78 Å². The number of hydrogen-bond acceptors (Lipinski definition) is 4. The molecule has 2 N–H and O–H groups in total. The van der Waals surface area contributed by atoms with Crippen LogP contribution in [0.25, 0.3) is 0 Å². The number of rotatable bonds is 9. The summed E-state index contributed by atoms with van der Waals surface area (Å²) in [5.41, 5.74) is 0.0591. The molecule has 1 aliphatic heterocycles. The molecule has 27 heavy (non-hydrogen) atoms. The minimum atomic E-state index is -0.518. The van der Waals surface area contributed by atoms with Crippen LogP contribution in [0.3, 0.4) is 0 Å². The number of nitrogens with one attached hydrogen (secondary N) is 2. The molecule has 6 nitrogen and oxygen atoms in total. The number of halogens is 2. The van der Waals surface area contributed by atoms with Crippen molar-refractivity contribution < 1.29 is 13.5 Å². The van der Waals surface area contributed by atoms with E-state index in [0.29, 0.717) is 13.1 Å². The summed E-state index contributed by atoms with van der Waals surface area (Å²) in [4.78, 5) is 8.22. The van der Waals surface area contributed by atoms with Crippen LogP contribution in [-0.2, 0) is 4.74 Å². The standard InChI is InChI=1S/C19H31F2N5O/c1-22-19(23-9-5-10-25(2)12-13-27-3)24-15-8-11-26(14-15)18-16(20)6-4-7-17(18)21/h4,6-7,15H,5,8-14H2,1-3H3,(H2,22,23,24). The first kappa shape index (κ1) is 21.4. The summed E-state index contributed by atoms with van der Waals surface area (Å²) in [6.07, 6.45) is 1.78. The smallest absolute Gasteiger partial charge is 0.191 e. The van der Waals surface area contributed by atoms with Crippen molar-refractivity contribution in [2.75, 3.05) is 65.4 Å². The predicted octanol–water partition coefficient (Wildman–Crippen LogP) is 1.68. The Morgan fingerprint density at radius 3 is 2.74 bits per heavy atom. The molecule has 1 heterocycles. The maximum absolute atomic E-state index is 14.0. The molecule has 1 unspecified atom stereocenters. The summed E-state index contributed by atoms with van der Waals surface area (Å²) in [5.74, 6) is -0.318. The van der Waals surface area contributed by atoms with Crippen molar-refractivity contribution in [3.05, 3.63) is 29.8 Å². The van der Waals surface area contributed by atoms with Gasteiger partial charge in [0.2, 0.25) is 0 Å². The fourth-order valence-electron chi connectivity index (χ4n) is 3.17. The summed E-state index contributed by atoms with van der Waals surface area (Å²) >= 11 is 0. The Bertz CT molecular complexity index is 594. The molecule has 1 aliphatic rings. The van der Waals surface area contributed by atoms with Gasteiger partial charge in [0.05, 0.1) is 6.61 Å². The van der Waals surface area contributed by atoms with Gasteiger partial charge in [-0.05, 0) is 38.6 Å². The van der Waals surface area contributed by atoms with E-state index in [9.17, 15) is 8.78 Å². The molecule has 0 aromatic heterocycles. The van der Waals surface area contributed by atoms with Gasteiger partial charge in [-0.1, -0.05) is 6.07 Å². The van der Waals surface area contributed by atoms with E-state index in [-0.39, 0.29) is 11.7 Å². The number of para-hydroxylation sites is 1. The first-order valence-electron chi connectivity index (χ1n) is 9.38. The minimum Gasteiger partial charge on any atom is -0.383 e. The van der Waals surface area contributed by atoms with Crippen LogP contribution >= 0.6 is 0 Å². The average molecular weight is 383 g/mol. The molecule has 0 saturated carbocycles. The van der Waals surface area contributed by atoms with Crippen molar-refractivity contribution in [3.63, 3.8) is 0 Å². The highest BCUT2D eigenvalue weighted by atomic mass is 19.1. The normalized spacial score (nSPS) is 17.6. The average Bonchev–Trinajstić information content (AvgIpc) is 3.10. The largest absolute Gasteiger partial charge is 0.383 e. The number of benzene rings is 1. The quantitative estimate of drug-likeness (QED) is 0.386. The van der Waals surface area contributed by atoms with E-state index in [2.05, 4.69) is 27.6 Å². The number of methoxy groups -OCH3 is 1. The van der Waals surface area contributed by atoms with Crippen LogP contribution in [0.4, 0.5) is 14.5 Å². The van der Waals surface area contributed by atoms with Gasteiger partial charge in [-0.2, -0.15) is 0 Å². The zero-order valence-corrected chi connectivity index (χ0v) is 16.5. The highest BCUT2D eigenvalue weighted by molar-refractivity contribution is 5.80. The highest BCUT2D eigenvalue weighted by Crippen LogP contribution is 2.26. The predicted molar refractivity (Wildman–Crippen MR) is 105 cm³/mol. The first-order valence-corrected chi connectivity index (χ1v) is 9.38. The number of aliphatic imine (C=N–C) groups is 1. The Balaban J connectivity index is 1.74. The highest BCUT2D eigenvalue weighted by Gasteiger charge is 2.27. The zero-order valence-electron chi connectivity index (χ0n) is 16.5. The van der Waals surface area contributed by atoms with Crippen molar-refractivity contribution in [3.8, 4) is 0 Å². The summed E-state index contributed by atoms with van der Waals surface area (Å²) < 4.78 is 33.0. The maximum Gasteiger partial charge on any atom is 0.191 e. The second-order valence-corrected chi connectivity index (χ2v) is 6.79. The fraction of sp³-hybridized carbons (Fsp3) is 0.632. The van der Waals surface area contributed by atoms with E-state index in [4.69, 9.17) is 4.74 Å². The van der Waals surface area contributed by atoms with Crippen LogP contribution in [0.5, 0.6) is 0 Å². The number of ether oxygens (including phenoxy) is 1. The molecule has 152 valence electrons. The topological polar surface area (TPSA) is 52.1 Å². The summed E-state index contributed by atoms with van der Waals surface area (Å²) in [5, 5.41) is 6.64. The molecule has 1 saturated heterocycles. The third kappa shape index (κ3) is 6.62. The van der Waals surface area contributed by atoms with Gasteiger partial charge in [0.25, 0.3) is 0 Å². The second-order valence-electron chi connectivity index (χ2n) is 6.79. The second kappa shape index (κ2) is 11.0. The van der Waals surface area contributed by atoms with Crippen LogP contribution in [0, 0.1) is 11.6 Å². The molecular weight excluding hydrogens is 352 g/mol. The maximum atomic E-state index is 14.0. The fourth-order valence-corrected chi connectivity index (χ4v) is 3.17. The van der Waals surface area contributed by atoms with Crippen LogP contribution in [0.2, 0.25) is 0 Å². The SMILES string of the molecule is CN=C(NCCCN(C)CCOC)NC1CCN(c2c(F)cccc2F)C1. The van der Waals surface area contributed by atoms with E-state index in [1.807, 2.05) is 0 Å².